The van der Waals surface area contributed by atoms with Crippen LogP contribution in [-0.2, 0) is 14.8 Å². The van der Waals surface area contributed by atoms with E-state index in [4.69, 9.17) is 0 Å². The Hall–Kier alpha value is -2.65. The van der Waals surface area contributed by atoms with Crippen LogP contribution in [0.15, 0.2) is 47.4 Å². The van der Waals surface area contributed by atoms with Gasteiger partial charge < -0.3 is 5.32 Å². The van der Waals surface area contributed by atoms with E-state index in [9.17, 15) is 26.8 Å². The molecular formula is C19H20F2N2O4S. The number of hydrogen-bond acceptors (Lipinski definition) is 4. The molecule has 2 rings (SSSR count). The van der Waals surface area contributed by atoms with Crippen molar-refractivity contribution in [1.29, 1.82) is 0 Å². The maximum atomic E-state index is 13.7. The minimum absolute atomic E-state index is 0.0281. The zero-order valence-electron chi connectivity index (χ0n) is 15.3. The summed E-state index contributed by atoms with van der Waals surface area (Å²) >= 11 is 0. The molecule has 2 aromatic rings. The van der Waals surface area contributed by atoms with E-state index in [0.29, 0.717) is 5.56 Å². The molecule has 0 aromatic heterocycles. The molecule has 0 aliphatic rings. The number of halogens is 2. The van der Waals surface area contributed by atoms with E-state index in [2.05, 4.69) is 10.0 Å². The van der Waals surface area contributed by atoms with Gasteiger partial charge in [-0.3, -0.25) is 9.59 Å². The van der Waals surface area contributed by atoms with Gasteiger partial charge in [-0.15, -0.1) is 0 Å². The molecule has 28 heavy (non-hydrogen) atoms. The average molecular weight is 410 g/mol. The fraction of sp³-hybridized carbons (Fsp3) is 0.263. The minimum Gasteiger partial charge on any atom is -0.349 e. The zero-order valence-corrected chi connectivity index (χ0v) is 16.1. The minimum atomic E-state index is -3.83. The molecule has 0 aliphatic heterocycles. The van der Waals surface area contributed by atoms with Gasteiger partial charge in [0.25, 0.3) is 0 Å². The molecule has 150 valence electrons. The quantitative estimate of drug-likeness (QED) is 0.655. The Morgan fingerprint density at radius 2 is 1.71 bits per heavy atom. The van der Waals surface area contributed by atoms with Crippen molar-refractivity contribution < 1.29 is 26.8 Å². The lowest BCUT2D eigenvalue weighted by atomic mass is 10.1. The van der Waals surface area contributed by atoms with Crippen molar-refractivity contribution in [2.45, 2.75) is 31.2 Å². The van der Waals surface area contributed by atoms with E-state index in [1.54, 1.807) is 0 Å². The number of amides is 1. The molecule has 0 spiro atoms. The second-order valence-electron chi connectivity index (χ2n) is 6.18. The number of hydrogen-bond donors (Lipinski definition) is 2. The van der Waals surface area contributed by atoms with Gasteiger partial charge in [0.1, 0.15) is 11.6 Å². The Bertz CT molecular complexity index is 976. The van der Waals surface area contributed by atoms with E-state index >= 15 is 0 Å². The number of ketones is 1. The fourth-order valence-electron chi connectivity index (χ4n) is 2.50. The van der Waals surface area contributed by atoms with Crippen LogP contribution in [0, 0.1) is 11.6 Å². The summed E-state index contributed by atoms with van der Waals surface area (Å²) in [7, 11) is -3.83. The Morgan fingerprint density at radius 1 is 1.07 bits per heavy atom. The van der Waals surface area contributed by atoms with Crippen LogP contribution in [-0.4, -0.2) is 26.7 Å². The molecule has 0 fully saturated rings. The lowest BCUT2D eigenvalue weighted by molar-refractivity contribution is -0.121. The van der Waals surface area contributed by atoms with Crippen LogP contribution < -0.4 is 10.0 Å². The number of Topliss-reactive ketones (excluding diaryl/α,β-unsaturated/α-hetero) is 1. The van der Waals surface area contributed by atoms with E-state index in [-0.39, 0.29) is 29.2 Å². The maximum absolute atomic E-state index is 13.7. The van der Waals surface area contributed by atoms with Gasteiger partial charge in [0.2, 0.25) is 15.9 Å². The van der Waals surface area contributed by atoms with Gasteiger partial charge in [-0.05, 0) is 32.0 Å². The van der Waals surface area contributed by atoms with Crippen molar-refractivity contribution in [2.24, 2.45) is 0 Å². The number of carbonyl (C=O) groups excluding carboxylic acids is 2. The van der Waals surface area contributed by atoms with Crippen molar-refractivity contribution in [3.05, 3.63) is 65.2 Å². The maximum Gasteiger partial charge on any atom is 0.240 e. The van der Waals surface area contributed by atoms with E-state index < -0.39 is 33.6 Å². The number of nitrogens with one attached hydrogen (secondary N) is 2. The van der Waals surface area contributed by atoms with Crippen LogP contribution in [0.1, 0.15) is 42.2 Å². The van der Waals surface area contributed by atoms with Crippen molar-refractivity contribution >= 4 is 21.7 Å². The van der Waals surface area contributed by atoms with E-state index in [1.165, 1.54) is 44.2 Å². The molecule has 0 saturated heterocycles. The third-order valence-corrected chi connectivity index (χ3v) is 5.50. The first-order valence-electron chi connectivity index (χ1n) is 8.45. The largest absolute Gasteiger partial charge is 0.349 e. The summed E-state index contributed by atoms with van der Waals surface area (Å²) < 4.78 is 53.4. The molecule has 0 heterocycles. The van der Waals surface area contributed by atoms with Crippen LogP contribution in [0.2, 0.25) is 0 Å². The number of benzene rings is 2. The topological polar surface area (TPSA) is 92.3 Å². The summed E-state index contributed by atoms with van der Waals surface area (Å²) in [5.74, 6) is -2.17. The van der Waals surface area contributed by atoms with Crippen molar-refractivity contribution in [3.63, 3.8) is 0 Å². The van der Waals surface area contributed by atoms with Gasteiger partial charge in [-0.1, -0.05) is 18.2 Å². The lowest BCUT2D eigenvalue weighted by Gasteiger charge is -2.15. The van der Waals surface area contributed by atoms with Crippen molar-refractivity contribution in [1.82, 2.24) is 10.0 Å². The average Bonchev–Trinajstić information content (AvgIpc) is 2.61. The highest BCUT2D eigenvalue weighted by Gasteiger charge is 2.17. The molecule has 6 nitrogen and oxygen atoms in total. The molecule has 1 unspecified atom stereocenters. The third kappa shape index (κ3) is 5.67. The highest BCUT2D eigenvalue weighted by Crippen LogP contribution is 2.17. The molecule has 1 atom stereocenters. The second kappa shape index (κ2) is 9.03. The first kappa shape index (κ1) is 21.6. The van der Waals surface area contributed by atoms with Gasteiger partial charge in [0.15, 0.2) is 5.78 Å². The van der Waals surface area contributed by atoms with Crippen LogP contribution in [0.25, 0.3) is 0 Å². The molecule has 0 radical (unpaired) electrons. The highest BCUT2D eigenvalue weighted by molar-refractivity contribution is 7.89. The van der Waals surface area contributed by atoms with Crippen molar-refractivity contribution in [3.8, 4) is 0 Å². The van der Waals surface area contributed by atoms with Crippen LogP contribution >= 0.6 is 0 Å². The summed E-state index contributed by atoms with van der Waals surface area (Å²) in [5, 5.41) is 2.53. The standard InChI is InChI=1S/C19H20F2N2O4S/c1-12(17-8-5-15(20)11-18(17)21)23-19(25)9-10-22-28(26,27)16-6-3-14(4-7-16)13(2)24/h3-8,11-12,22H,9-10H2,1-2H3,(H,23,25). The van der Waals surface area contributed by atoms with Gasteiger partial charge in [-0.2, -0.15) is 0 Å². The SMILES string of the molecule is CC(=O)c1ccc(S(=O)(=O)NCCC(=O)NC(C)c2ccc(F)cc2F)cc1. The van der Waals surface area contributed by atoms with Gasteiger partial charge in [-0.25, -0.2) is 21.9 Å². The summed E-state index contributed by atoms with van der Waals surface area (Å²) in [6.45, 7) is 2.75. The molecule has 0 saturated carbocycles. The van der Waals surface area contributed by atoms with Gasteiger partial charge >= 0.3 is 0 Å². The second-order valence-corrected chi connectivity index (χ2v) is 7.95. The highest BCUT2D eigenvalue weighted by atomic mass is 32.2. The molecule has 0 aliphatic carbocycles. The summed E-state index contributed by atoms with van der Waals surface area (Å²) in [4.78, 5) is 23.2. The van der Waals surface area contributed by atoms with Gasteiger partial charge in [0.05, 0.1) is 10.9 Å². The predicted octanol–water partition coefficient (Wildman–Crippen LogP) is 2.71. The third-order valence-electron chi connectivity index (χ3n) is 4.02. The normalized spacial score (nSPS) is 12.4. The first-order chi connectivity index (χ1) is 13.1. The van der Waals surface area contributed by atoms with Crippen LogP contribution in [0.5, 0.6) is 0 Å². The number of sulfonamides is 1. The summed E-state index contributed by atoms with van der Waals surface area (Å²) in [6, 6.07) is 7.77. The zero-order chi connectivity index (χ0) is 20.9. The van der Waals surface area contributed by atoms with E-state index in [1.807, 2.05) is 0 Å². The summed E-state index contributed by atoms with van der Waals surface area (Å²) in [6.07, 6.45) is -0.169. The fourth-order valence-corrected chi connectivity index (χ4v) is 3.53. The van der Waals surface area contributed by atoms with Crippen LogP contribution in [0.3, 0.4) is 0 Å². The Labute approximate surface area is 162 Å². The molecule has 1 amide bonds. The summed E-state index contributed by atoms with van der Waals surface area (Å²) in [5.41, 5.74) is 0.515. The molecule has 0 bridgehead atoms. The smallest absolute Gasteiger partial charge is 0.240 e. The number of carbonyl (C=O) groups is 2. The molecule has 2 N–H and O–H groups in total. The Balaban J connectivity index is 1.89. The molecular weight excluding hydrogens is 390 g/mol. The van der Waals surface area contributed by atoms with E-state index in [0.717, 1.165) is 12.1 Å². The Kier molecular flexibility index (Phi) is 6.98. The number of rotatable bonds is 8. The predicted molar refractivity (Wildman–Crippen MR) is 99.2 cm³/mol. The molecule has 2 aromatic carbocycles. The lowest BCUT2D eigenvalue weighted by Crippen LogP contribution is -2.32. The monoisotopic (exact) mass is 410 g/mol. The van der Waals surface area contributed by atoms with Crippen LogP contribution in [0.4, 0.5) is 8.78 Å². The van der Waals surface area contributed by atoms with Gasteiger partial charge in [0, 0.05) is 30.2 Å². The molecule has 9 heteroatoms. The van der Waals surface area contributed by atoms with Crippen molar-refractivity contribution in [2.75, 3.05) is 6.54 Å². The first-order valence-corrected chi connectivity index (χ1v) is 9.93. The Morgan fingerprint density at radius 3 is 2.29 bits per heavy atom.